The topological polar surface area (TPSA) is 62.7 Å². The molecule has 1 aliphatic heterocycles. The van der Waals surface area contributed by atoms with Gasteiger partial charge in [0.15, 0.2) is 0 Å². The summed E-state index contributed by atoms with van der Waals surface area (Å²) in [7, 11) is 1.63. The van der Waals surface area contributed by atoms with Crippen molar-refractivity contribution in [1.29, 1.82) is 0 Å². The zero-order valence-electron chi connectivity index (χ0n) is 18.9. The molecule has 0 aliphatic carbocycles. The summed E-state index contributed by atoms with van der Waals surface area (Å²) in [6, 6.07) is 7.14. The van der Waals surface area contributed by atoms with Gasteiger partial charge in [0.25, 0.3) is 0 Å². The number of likely N-dealkylation sites (tertiary alicyclic amines) is 1. The number of nitrogens with zero attached hydrogens (tertiary/aromatic N) is 2. The molecule has 2 unspecified atom stereocenters. The first-order valence-electron chi connectivity index (χ1n) is 11.2. The van der Waals surface area contributed by atoms with E-state index < -0.39 is 11.9 Å². The molecule has 34 heavy (non-hydrogen) atoms. The summed E-state index contributed by atoms with van der Waals surface area (Å²) >= 11 is 7.75. The van der Waals surface area contributed by atoms with Crippen molar-refractivity contribution in [3.63, 3.8) is 0 Å². The first-order valence-corrected chi connectivity index (χ1v) is 12.5. The monoisotopic (exact) mass is 500 g/mol. The molecular formula is C26H26ClFN2O3S. The van der Waals surface area contributed by atoms with Crippen molar-refractivity contribution < 1.29 is 19.0 Å². The highest BCUT2D eigenvalue weighted by molar-refractivity contribution is 7.10. The number of ether oxygens (including phenoxy) is 1. The Kier molecular flexibility index (Phi) is 8.04. The Bertz CT molecular complexity index is 1240. The fourth-order valence-electron chi connectivity index (χ4n) is 4.58. The van der Waals surface area contributed by atoms with E-state index in [1.807, 2.05) is 23.1 Å². The number of carboxylic acids is 1. The molecule has 2 atom stereocenters. The van der Waals surface area contributed by atoms with Crippen molar-refractivity contribution in [2.75, 3.05) is 26.7 Å². The number of aromatic nitrogens is 1. The number of methoxy groups -OCH3 is 1. The van der Waals surface area contributed by atoms with E-state index >= 15 is 0 Å². The molecule has 178 valence electrons. The molecular weight excluding hydrogens is 475 g/mol. The number of piperidine rings is 1. The number of halogens is 2. The molecule has 1 saturated heterocycles. The Morgan fingerprint density at radius 2 is 2.26 bits per heavy atom. The lowest BCUT2D eigenvalue weighted by Gasteiger charge is -2.35. The van der Waals surface area contributed by atoms with Crippen LogP contribution in [0.1, 0.15) is 29.7 Å². The largest absolute Gasteiger partial charge is 0.497 e. The molecule has 2 aromatic heterocycles. The van der Waals surface area contributed by atoms with Gasteiger partial charge in [-0.3, -0.25) is 14.7 Å². The quantitative estimate of drug-likeness (QED) is 0.434. The second-order valence-corrected chi connectivity index (χ2v) is 9.81. The Morgan fingerprint density at radius 3 is 3.00 bits per heavy atom. The molecule has 8 heteroatoms. The smallest absolute Gasteiger partial charge is 0.308 e. The molecule has 0 amide bonds. The normalized spacial score (nSPS) is 18.4. The van der Waals surface area contributed by atoms with Gasteiger partial charge >= 0.3 is 5.97 Å². The number of hydrogen-bond acceptors (Lipinski definition) is 5. The third-order valence-corrected chi connectivity index (χ3v) is 7.55. The van der Waals surface area contributed by atoms with E-state index in [0.717, 1.165) is 54.4 Å². The number of pyridine rings is 1. The van der Waals surface area contributed by atoms with E-state index in [2.05, 4.69) is 16.8 Å². The predicted octanol–water partition coefficient (Wildman–Crippen LogP) is 5.49. The number of benzene rings is 1. The average Bonchev–Trinajstić information content (AvgIpc) is 3.25. The van der Waals surface area contributed by atoms with Crippen LogP contribution >= 0.6 is 22.9 Å². The zero-order chi connectivity index (χ0) is 24.1. The van der Waals surface area contributed by atoms with Crippen molar-refractivity contribution in [2.45, 2.75) is 25.7 Å². The molecule has 0 spiro atoms. The highest BCUT2D eigenvalue weighted by Crippen LogP contribution is 2.32. The van der Waals surface area contributed by atoms with Crippen molar-refractivity contribution in [3.05, 3.63) is 57.1 Å². The maximum Gasteiger partial charge on any atom is 0.308 e. The fourth-order valence-corrected chi connectivity index (χ4v) is 5.46. The van der Waals surface area contributed by atoms with Gasteiger partial charge < -0.3 is 9.84 Å². The molecule has 0 bridgehead atoms. The van der Waals surface area contributed by atoms with Crippen molar-refractivity contribution in [2.24, 2.45) is 11.8 Å². The van der Waals surface area contributed by atoms with Crippen molar-refractivity contribution >= 4 is 39.8 Å². The van der Waals surface area contributed by atoms with E-state index in [9.17, 15) is 14.3 Å². The summed E-state index contributed by atoms with van der Waals surface area (Å²) in [6.07, 6.45) is 4.86. The predicted molar refractivity (Wildman–Crippen MR) is 133 cm³/mol. The summed E-state index contributed by atoms with van der Waals surface area (Å²) in [5.41, 5.74) is 1.88. The minimum absolute atomic E-state index is 0.0952. The molecule has 3 heterocycles. The zero-order valence-corrected chi connectivity index (χ0v) is 20.5. The summed E-state index contributed by atoms with van der Waals surface area (Å²) < 4.78 is 18.9. The number of carboxylic acid groups (broad SMARTS) is 1. The number of aryl methyl sites for hydroxylation is 1. The van der Waals surface area contributed by atoms with Crippen molar-refractivity contribution in [3.8, 4) is 17.6 Å². The Balaban J connectivity index is 1.37. The van der Waals surface area contributed by atoms with Gasteiger partial charge in [0.05, 0.1) is 30.1 Å². The number of thiophene rings is 1. The van der Waals surface area contributed by atoms with Crippen molar-refractivity contribution in [1.82, 2.24) is 9.88 Å². The number of fused-ring (bicyclic) bond motifs is 1. The Morgan fingerprint density at radius 1 is 1.41 bits per heavy atom. The van der Waals surface area contributed by atoms with Gasteiger partial charge in [0.2, 0.25) is 0 Å². The van der Waals surface area contributed by atoms with Gasteiger partial charge in [0.1, 0.15) is 16.4 Å². The highest BCUT2D eigenvalue weighted by Gasteiger charge is 2.33. The second kappa shape index (κ2) is 11.2. The van der Waals surface area contributed by atoms with Crippen LogP contribution in [-0.4, -0.2) is 47.7 Å². The van der Waals surface area contributed by atoms with Crippen LogP contribution in [0, 0.1) is 29.5 Å². The SMILES string of the molecule is COc1ccc2ncc(Cl)c(CCCC3CCN(CC#Cc4sccc4F)CC3C(=O)O)c2c1. The van der Waals surface area contributed by atoms with E-state index in [4.69, 9.17) is 16.3 Å². The molecule has 4 rings (SSSR count). The molecule has 1 fully saturated rings. The van der Waals surface area contributed by atoms with Gasteiger partial charge in [-0.05, 0) is 73.4 Å². The second-order valence-electron chi connectivity index (χ2n) is 8.49. The molecule has 1 aliphatic rings. The first kappa shape index (κ1) is 24.5. The highest BCUT2D eigenvalue weighted by atomic mass is 35.5. The summed E-state index contributed by atoms with van der Waals surface area (Å²) in [6.45, 7) is 1.68. The first-order chi connectivity index (χ1) is 16.5. The van der Waals surface area contributed by atoms with E-state index in [1.165, 1.54) is 17.4 Å². The van der Waals surface area contributed by atoms with Gasteiger partial charge in [0, 0.05) is 18.1 Å². The van der Waals surface area contributed by atoms with Gasteiger partial charge in [-0.25, -0.2) is 4.39 Å². The van der Waals surface area contributed by atoms with Crippen LogP contribution in [0.25, 0.3) is 10.9 Å². The van der Waals surface area contributed by atoms with Gasteiger partial charge in [-0.1, -0.05) is 23.4 Å². The van der Waals surface area contributed by atoms with Crippen LogP contribution in [0.3, 0.4) is 0 Å². The van der Waals surface area contributed by atoms with Crippen LogP contribution < -0.4 is 4.74 Å². The lowest BCUT2D eigenvalue weighted by atomic mass is 9.81. The summed E-state index contributed by atoms with van der Waals surface area (Å²) in [4.78, 5) is 18.9. The van der Waals surface area contributed by atoms with Crippen LogP contribution in [0.5, 0.6) is 5.75 Å². The standard InChI is InChI=1S/C26H26ClFN2O3S/c1-33-18-7-8-24-20(14-18)19(22(27)15-29-24)5-2-4-17-9-12-30(16-21(17)26(31)32)11-3-6-25-23(28)10-13-34-25/h7-8,10,13-15,17,21H,2,4-5,9,11-12,16H2,1H3,(H,31,32). The fraction of sp³-hybridized carbons (Fsp3) is 0.385. The molecule has 5 nitrogen and oxygen atoms in total. The van der Waals surface area contributed by atoms with Gasteiger partial charge in [-0.15, -0.1) is 11.3 Å². The van der Waals surface area contributed by atoms with E-state index in [0.29, 0.717) is 23.0 Å². The van der Waals surface area contributed by atoms with E-state index in [1.54, 1.807) is 18.7 Å². The lowest BCUT2D eigenvalue weighted by Crippen LogP contribution is -2.44. The molecule has 1 aromatic carbocycles. The van der Waals surface area contributed by atoms with E-state index in [-0.39, 0.29) is 11.7 Å². The molecule has 0 radical (unpaired) electrons. The molecule has 3 aromatic rings. The molecule has 1 N–H and O–H groups in total. The number of carbonyl (C=O) groups is 1. The average molecular weight is 501 g/mol. The third-order valence-electron chi connectivity index (χ3n) is 6.41. The summed E-state index contributed by atoms with van der Waals surface area (Å²) in [5.74, 6) is 5.17. The maximum atomic E-state index is 13.5. The Labute approximate surface area is 207 Å². The van der Waals surface area contributed by atoms with Crippen LogP contribution in [-0.2, 0) is 11.2 Å². The third kappa shape index (κ3) is 5.69. The van der Waals surface area contributed by atoms with Crippen LogP contribution in [0.4, 0.5) is 4.39 Å². The summed E-state index contributed by atoms with van der Waals surface area (Å²) in [5, 5.41) is 13.1. The number of aliphatic carboxylic acids is 1. The minimum atomic E-state index is -0.774. The number of rotatable bonds is 7. The lowest BCUT2D eigenvalue weighted by molar-refractivity contribution is -0.146. The number of hydrogen-bond donors (Lipinski definition) is 1. The Hall–Kier alpha value is -2.66. The van der Waals surface area contributed by atoms with Gasteiger partial charge in [-0.2, -0.15) is 0 Å². The minimum Gasteiger partial charge on any atom is -0.497 e. The van der Waals surface area contributed by atoms with Crippen LogP contribution in [0.2, 0.25) is 5.02 Å². The molecule has 0 saturated carbocycles. The van der Waals surface area contributed by atoms with Crippen LogP contribution in [0.15, 0.2) is 35.8 Å². The maximum absolute atomic E-state index is 13.5.